The van der Waals surface area contributed by atoms with Crippen molar-refractivity contribution in [3.8, 4) is 17.0 Å². The lowest BCUT2D eigenvalue weighted by Gasteiger charge is -2.16. The molecule has 0 atom stereocenters. The van der Waals surface area contributed by atoms with E-state index in [1.807, 2.05) is 47.4 Å². The minimum absolute atomic E-state index is 0.0400. The van der Waals surface area contributed by atoms with Gasteiger partial charge in [-0.2, -0.15) is 0 Å². The molecule has 6 heteroatoms. The molecule has 0 saturated carbocycles. The number of carbonyl (C=O) groups excluding carboxylic acids is 1. The number of amides is 1. The zero-order chi connectivity index (χ0) is 16.5. The molecule has 120 valence electrons. The van der Waals surface area contributed by atoms with Crippen molar-refractivity contribution in [2.45, 2.75) is 13.1 Å². The van der Waals surface area contributed by atoms with Gasteiger partial charge >= 0.3 is 0 Å². The summed E-state index contributed by atoms with van der Waals surface area (Å²) in [6.07, 6.45) is 1.72. The number of nitrogens with zero attached hydrogens (tertiary/aromatic N) is 3. The lowest BCUT2D eigenvalue weighted by atomic mass is 10.0. The third-order valence-electron chi connectivity index (χ3n) is 4.21. The standard InChI is InChI=1S/C18H16N4O2/c1-24-15-4-2-3-12(7-15)10-22-11-14-6-5-13(8-16(14)18(22)23)17-9-19-21-20-17/h2-9H,10-11H2,1H3,(H,19,20,21). The molecule has 1 amide bonds. The van der Waals surface area contributed by atoms with E-state index in [-0.39, 0.29) is 5.91 Å². The van der Waals surface area contributed by atoms with Gasteiger partial charge in [0.15, 0.2) is 0 Å². The topological polar surface area (TPSA) is 71.1 Å². The van der Waals surface area contributed by atoms with Crippen molar-refractivity contribution in [2.75, 3.05) is 7.11 Å². The summed E-state index contributed by atoms with van der Waals surface area (Å²) < 4.78 is 5.25. The largest absolute Gasteiger partial charge is 0.497 e. The molecule has 0 aliphatic carbocycles. The number of hydrogen-bond acceptors (Lipinski definition) is 4. The molecule has 24 heavy (non-hydrogen) atoms. The minimum Gasteiger partial charge on any atom is -0.497 e. The molecular formula is C18H16N4O2. The molecule has 0 radical (unpaired) electrons. The molecule has 0 unspecified atom stereocenters. The maximum absolute atomic E-state index is 12.7. The fourth-order valence-electron chi connectivity index (χ4n) is 2.98. The van der Waals surface area contributed by atoms with Crippen LogP contribution in [0.3, 0.4) is 0 Å². The van der Waals surface area contributed by atoms with E-state index in [0.29, 0.717) is 13.1 Å². The molecule has 3 aromatic rings. The first-order valence-corrected chi connectivity index (χ1v) is 7.66. The quantitative estimate of drug-likeness (QED) is 0.802. The number of aromatic amines is 1. The average Bonchev–Trinajstić information content (AvgIpc) is 3.24. The van der Waals surface area contributed by atoms with Gasteiger partial charge in [0.05, 0.1) is 7.11 Å². The van der Waals surface area contributed by atoms with Crippen LogP contribution in [0.25, 0.3) is 11.3 Å². The van der Waals surface area contributed by atoms with Crippen molar-refractivity contribution in [3.05, 3.63) is 65.4 Å². The van der Waals surface area contributed by atoms with E-state index in [4.69, 9.17) is 4.74 Å². The van der Waals surface area contributed by atoms with Crippen LogP contribution < -0.4 is 4.74 Å². The summed E-state index contributed by atoms with van der Waals surface area (Å²) in [4.78, 5) is 14.6. The molecule has 0 spiro atoms. The highest BCUT2D eigenvalue weighted by atomic mass is 16.5. The van der Waals surface area contributed by atoms with Gasteiger partial charge in [0.1, 0.15) is 11.4 Å². The van der Waals surface area contributed by atoms with Gasteiger partial charge in [-0.05, 0) is 29.3 Å². The number of rotatable bonds is 4. The predicted molar refractivity (Wildman–Crippen MR) is 88.4 cm³/mol. The normalized spacial score (nSPS) is 13.2. The molecule has 1 N–H and O–H groups in total. The molecule has 2 heterocycles. The second-order valence-corrected chi connectivity index (χ2v) is 5.74. The van der Waals surface area contributed by atoms with Crippen molar-refractivity contribution in [1.29, 1.82) is 0 Å². The molecule has 0 fully saturated rings. The second kappa shape index (κ2) is 5.81. The highest BCUT2D eigenvalue weighted by molar-refractivity contribution is 5.99. The Morgan fingerprint density at radius 3 is 2.96 bits per heavy atom. The Bertz CT molecular complexity index is 890. The first kappa shape index (κ1) is 14.4. The zero-order valence-corrected chi connectivity index (χ0v) is 13.2. The Morgan fingerprint density at radius 1 is 1.25 bits per heavy atom. The molecular weight excluding hydrogens is 304 g/mol. The van der Waals surface area contributed by atoms with Crippen LogP contribution in [0.15, 0.2) is 48.7 Å². The molecule has 1 aliphatic rings. The Morgan fingerprint density at radius 2 is 2.17 bits per heavy atom. The van der Waals surface area contributed by atoms with Gasteiger partial charge in [-0.1, -0.05) is 29.5 Å². The van der Waals surface area contributed by atoms with Crippen LogP contribution in [0.1, 0.15) is 21.5 Å². The second-order valence-electron chi connectivity index (χ2n) is 5.74. The molecule has 0 bridgehead atoms. The fourth-order valence-corrected chi connectivity index (χ4v) is 2.98. The summed E-state index contributed by atoms with van der Waals surface area (Å²) in [7, 11) is 1.64. The van der Waals surface area contributed by atoms with E-state index in [1.54, 1.807) is 13.3 Å². The average molecular weight is 320 g/mol. The maximum atomic E-state index is 12.7. The number of aromatic nitrogens is 3. The molecule has 1 aliphatic heterocycles. The zero-order valence-electron chi connectivity index (χ0n) is 13.2. The van der Waals surface area contributed by atoms with Gasteiger partial charge in [-0.25, -0.2) is 0 Å². The maximum Gasteiger partial charge on any atom is 0.254 e. The van der Waals surface area contributed by atoms with E-state index in [0.717, 1.165) is 33.7 Å². The van der Waals surface area contributed by atoms with E-state index >= 15 is 0 Å². The first-order valence-electron chi connectivity index (χ1n) is 7.66. The predicted octanol–water partition coefficient (Wildman–Crippen LogP) is 2.64. The fraction of sp³-hybridized carbons (Fsp3) is 0.167. The highest BCUT2D eigenvalue weighted by Gasteiger charge is 2.27. The lowest BCUT2D eigenvalue weighted by Crippen LogP contribution is -2.23. The Hall–Kier alpha value is -3.15. The van der Waals surface area contributed by atoms with Crippen molar-refractivity contribution in [1.82, 2.24) is 20.3 Å². The third kappa shape index (κ3) is 2.52. The van der Waals surface area contributed by atoms with E-state index in [1.165, 1.54) is 0 Å². The van der Waals surface area contributed by atoms with Gasteiger partial charge in [-0.15, -0.1) is 5.10 Å². The Labute approximate surface area is 139 Å². The lowest BCUT2D eigenvalue weighted by molar-refractivity contribution is 0.0766. The van der Waals surface area contributed by atoms with Gasteiger partial charge in [0.2, 0.25) is 0 Å². The smallest absolute Gasteiger partial charge is 0.254 e. The van der Waals surface area contributed by atoms with E-state index in [9.17, 15) is 4.79 Å². The monoisotopic (exact) mass is 320 g/mol. The summed E-state index contributed by atoms with van der Waals surface area (Å²) in [5.74, 6) is 0.836. The van der Waals surface area contributed by atoms with Gasteiger partial charge in [0, 0.05) is 30.4 Å². The number of fused-ring (bicyclic) bond motifs is 1. The van der Waals surface area contributed by atoms with Crippen LogP contribution in [0, 0.1) is 0 Å². The van der Waals surface area contributed by atoms with Crippen molar-refractivity contribution in [3.63, 3.8) is 0 Å². The van der Waals surface area contributed by atoms with Crippen molar-refractivity contribution >= 4 is 5.91 Å². The summed E-state index contributed by atoms with van der Waals surface area (Å²) in [5, 5.41) is 10.4. The molecule has 4 rings (SSSR count). The Balaban J connectivity index is 1.58. The van der Waals surface area contributed by atoms with Crippen LogP contribution in [0.4, 0.5) is 0 Å². The van der Waals surface area contributed by atoms with Crippen LogP contribution in [0.5, 0.6) is 5.75 Å². The van der Waals surface area contributed by atoms with Gasteiger partial charge in [0.25, 0.3) is 5.91 Å². The van der Waals surface area contributed by atoms with Gasteiger partial charge in [-0.3, -0.25) is 9.89 Å². The van der Waals surface area contributed by atoms with Crippen molar-refractivity contribution in [2.24, 2.45) is 0 Å². The number of methoxy groups -OCH3 is 1. The number of ether oxygens (including phenoxy) is 1. The van der Waals surface area contributed by atoms with E-state index in [2.05, 4.69) is 15.4 Å². The SMILES string of the molecule is COc1cccc(CN2Cc3ccc(-c4c[nH]nn4)cc3C2=O)c1. The summed E-state index contributed by atoms with van der Waals surface area (Å²) >= 11 is 0. The first-order chi connectivity index (χ1) is 11.7. The third-order valence-corrected chi connectivity index (χ3v) is 4.21. The highest BCUT2D eigenvalue weighted by Crippen LogP contribution is 2.28. The van der Waals surface area contributed by atoms with Gasteiger partial charge < -0.3 is 9.64 Å². The number of hydrogen-bond donors (Lipinski definition) is 1. The summed E-state index contributed by atoms with van der Waals surface area (Å²) in [6, 6.07) is 13.6. The Kier molecular flexibility index (Phi) is 3.49. The number of benzene rings is 2. The van der Waals surface area contributed by atoms with Crippen LogP contribution in [-0.2, 0) is 13.1 Å². The number of nitrogens with one attached hydrogen (secondary N) is 1. The molecule has 1 aromatic heterocycles. The van der Waals surface area contributed by atoms with Crippen LogP contribution in [0.2, 0.25) is 0 Å². The van der Waals surface area contributed by atoms with E-state index < -0.39 is 0 Å². The summed E-state index contributed by atoms with van der Waals surface area (Å²) in [5.41, 5.74) is 4.44. The molecule has 0 saturated heterocycles. The van der Waals surface area contributed by atoms with Crippen molar-refractivity contribution < 1.29 is 9.53 Å². The molecule has 2 aromatic carbocycles. The van der Waals surface area contributed by atoms with Crippen LogP contribution >= 0.6 is 0 Å². The van der Waals surface area contributed by atoms with Crippen LogP contribution in [-0.4, -0.2) is 33.3 Å². The molecule has 6 nitrogen and oxygen atoms in total. The minimum atomic E-state index is 0.0400. The number of H-pyrrole nitrogens is 1. The summed E-state index contributed by atoms with van der Waals surface area (Å²) in [6.45, 7) is 1.18. The number of carbonyl (C=O) groups is 1.